The highest BCUT2D eigenvalue weighted by atomic mass is 16.5. The van der Waals surface area contributed by atoms with Gasteiger partial charge in [-0.1, -0.05) is 12.8 Å². The number of hydrogen-bond donors (Lipinski definition) is 0. The lowest BCUT2D eigenvalue weighted by Gasteiger charge is -2.43. The summed E-state index contributed by atoms with van der Waals surface area (Å²) in [5, 5.41) is 6.51. The number of hydrogen-bond acceptors (Lipinski definition) is 4. The lowest BCUT2D eigenvalue weighted by atomic mass is 9.73. The lowest BCUT2D eigenvalue weighted by Crippen LogP contribution is -2.52. The van der Waals surface area contributed by atoms with Gasteiger partial charge in [0.15, 0.2) is 11.5 Å². The standard InChI is InChI=1S/C20H28N2O3/c1-20(2,3)22-19(23)15-9-7-6-8-14(15)18(21-22)13-10-11-16(24-4)17(12-13)25-5/h10-12,14-15H,6-9H2,1-5H3/t14-,15+/m0/s1. The Morgan fingerprint density at radius 1 is 1.04 bits per heavy atom. The van der Waals surface area contributed by atoms with Crippen LogP contribution in [0.5, 0.6) is 11.5 Å². The summed E-state index contributed by atoms with van der Waals surface area (Å²) >= 11 is 0. The van der Waals surface area contributed by atoms with E-state index in [4.69, 9.17) is 14.6 Å². The predicted molar refractivity (Wildman–Crippen MR) is 98.1 cm³/mol. The largest absolute Gasteiger partial charge is 0.493 e. The number of methoxy groups -OCH3 is 2. The summed E-state index contributed by atoms with van der Waals surface area (Å²) in [6.07, 6.45) is 4.23. The molecule has 0 aromatic heterocycles. The average Bonchev–Trinajstić information content (AvgIpc) is 2.60. The van der Waals surface area contributed by atoms with Crippen molar-refractivity contribution in [2.24, 2.45) is 16.9 Å². The quantitative estimate of drug-likeness (QED) is 0.837. The number of hydrazone groups is 1. The smallest absolute Gasteiger partial charge is 0.246 e. The third kappa shape index (κ3) is 3.24. The van der Waals surface area contributed by atoms with Crippen molar-refractivity contribution in [3.63, 3.8) is 0 Å². The maximum absolute atomic E-state index is 13.0. The van der Waals surface area contributed by atoms with Crippen LogP contribution >= 0.6 is 0 Å². The third-order valence-electron chi connectivity index (χ3n) is 5.17. The second kappa shape index (κ2) is 6.70. The molecule has 0 saturated heterocycles. The molecule has 25 heavy (non-hydrogen) atoms. The van der Waals surface area contributed by atoms with Crippen molar-refractivity contribution >= 4 is 11.6 Å². The van der Waals surface area contributed by atoms with Gasteiger partial charge in [0.1, 0.15) is 0 Å². The van der Waals surface area contributed by atoms with Crippen LogP contribution in [0.1, 0.15) is 52.0 Å². The zero-order chi connectivity index (χ0) is 18.2. The number of nitrogens with zero attached hydrogens (tertiary/aromatic N) is 2. The lowest BCUT2D eigenvalue weighted by molar-refractivity contribution is -0.144. The van der Waals surface area contributed by atoms with Crippen molar-refractivity contribution in [3.8, 4) is 11.5 Å². The van der Waals surface area contributed by atoms with E-state index in [-0.39, 0.29) is 23.3 Å². The normalized spacial score (nSPS) is 23.8. The molecule has 3 rings (SSSR count). The third-order valence-corrected chi connectivity index (χ3v) is 5.17. The molecule has 1 aromatic rings. The van der Waals surface area contributed by atoms with Gasteiger partial charge in [-0.05, 0) is 51.8 Å². The maximum Gasteiger partial charge on any atom is 0.246 e. The molecule has 0 unspecified atom stereocenters. The molecule has 5 heteroatoms. The minimum atomic E-state index is -0.332. The van der Waals surface area contributed by atoms with E-state index in [1.807, 2.05) is 39.0 Å². The highest BCUT2D eigenvalue weighted by Crippen LogP contribution is 2.40. The van der Waals surface area contributed by atoms with Gasteiger partial charge in [0.05, 0.1) is 25.5 Å². The summed E-state index contributed by atoms with van der Waals surface area (Å²) in [5.41, 5.74) is 1.68. The molecule has 0 radical (unpaired) electrons. The molecule has 0 spiro atoms. The van der Waals surface area contributed by atoms with Gasteiger partial charge in [-0.25, -0.2) is 5.01 Å². The van der Waals surface area contributed by atoms with E-state index < -0.39 is 0 Å². The van der Waals surface area contributed by atoms with E-state index in [9.17, 15) is 4.79 Å². The van der Waals surface area contributed by atoms with Crippen molar-refractivity contribution in [3.05, 3.63) is 23.8 Å². The van der Waals surface area contributed by atoms with Gasteiger partial charge in [-0.15, -0.1) is 0 Å². The van der Waals surface area contributed by atoms with Crippen molar-refractivity contribution in [2.45, 2.75) is 52.0 Å². The molecule has 1 aliphatic heterocycles. The van der Waals surface area contributed by atoms with Gasteiger partial charge in [0.25, 0.3) is 0 Å². The first-order chi connectivity index (χ1) is 11.9. The van der Waals surface area contributed by atoms with E-state index in [0.717, 1.165) is 37.0 Å². The molecule has 1 saturated carbocycles. The molecule has 0 bridgehead atoms. The zero-order valence-corrected chi connectivity index (χ0v) is 15.8. The molecular weight excluding hydrogens is 316 g/mol. The van der Waals surface area contributed by atoms with Gasteiger partial charge >= 0.3 is 0 Å². The Morgan fingerprint density at radius 3 is 2.28 bits per heavy atom. The maximum atomic E-state index is 13.0. The summed E-state index contributed by atoms with van der Waals surface area (Å²) in [6, 6.07) is 5.90. The molecule has 136 valence electrons. The molecule has 1 fully saturated rings. The van der Waals surface area contributed by atoms with Crippen molar-refractivity contribution in [1.29, 1.82) is 0 Å². The van der Waals surface area contributed by atoms with Gasteiger partial charge in [-0.2, -0.15) is 5.10 Å². The molecule has 0 N–H and O–H groups in total. The van der Waals surface area contributed by atoms with Crippen LogP contribution < -0.4 is 9.47 Å². The van der Waals surface area contributed by atoms with Gasteiger partial charge in [0.2, 0.25) is 5.91 Å². The summed E-state index contributed by atoms with van der Waals surface area (Å²) in [5.74, 6) is 1.79. The molecule has 2 atom stereocenters. The molecule has 1 amide bonds. The Balaban J connectivity index is 2.09. The number of fused-ring (bicyclic) bond motifs is 1. The van der Waals surface area contributed by atoms with Crippen LogP contribution in [0.25, 0.3) is 0 Å². The van der Waals surface area contributed by atoms with Crippen molar-refractivity contribution in [1.82, 2.24) is 5.01 Å². The van der Waals surface area contributed by atoms with E-state index in [1.54, 1.807) is 19.2 Å². The Kier molecular flexibility index (Phi) is 4.76. The predicted octanol–water partition coefficient (Wildman–Crippen LogP) is 3.86. The van der Waals surface area contributed by atoms with Crippen LogP contribution in [0.3, 0.4) is 0 Å². The van der Waals surface area contributed by atoms with E-state index in [2.05, 4.69) is 0 Å². The van der Waals surface area contributed by atoms with Gasteiger partial charge < -0.3 is 9.47 Å². The molecule has 1 aliphatic carbocycles. The summed E-state index contributed by atoms with van der Waals surface area (Å²) < 4.78 is 10.8. The number of rotatable bonds is 3. The number of carbonyl (C=O) groups is 1. The van der Waals surface area contributed by atoms with E-state index in [0.29, 0.717) is 11.5 Å². The van der Waals surface area contributed by atoms with Crippen LogP contribution in [-0.2, 0) is 4.79 Å². The molecule has 1 aromatic carbocycles. The molecular formula is C20H28N2O3. The van der Waals surface area contributed by atoms with Crippen LogP contribution in [-0.4, -0.2) is 36.4 Å². The number of benzene rings is 1. The van der Waals surface area contributed by atoms with Crippen molar-refractivity contribution < 1.29 is 14.3 Å². The zero-order valence-electron chi connectivity index (χ0n) is 15.8. The first kappa shape index (κ1) is 17.8. The summed E-state index contributed by atoms with van der Waals surface area (Å²) in [4.78, 5) is 13.0. The second-order valence-electron chi connectivity index (χ2n) is 7.87. The number of carbonyl (C=O) groups excluding carboxylic acids is 1. The SMILES string of the molecule is COc1ccc(C2=NN(C(C)(C)C)C(=O)[C@@H]3CCCC[C@H]23)cc1OC. The topological polar surface area (TPSA) is 51.1 Å². The average molecular weight is 344 g/mol. The van der Waals surface area contributed by atoms with Crippen LogP contribution in [0.15, 0.2) is 23.3 Å². The van der Waals surface area contributed by atoms with Crippen LogP contribution in [0, 0.1) is 11.8 Å². The van der Waals surface area contributed by atoms with Crippen LogP contribution in [0.2, 0.25) is 0 Å². The van der Waals surface area contributed by atoms with E-state index >= 15 is 0 Å². The minimum absolute atomic E-state index is 0.0357. The first-order valence-electron chi connectivity index (χ1n) is 9.01. The molecule has 1 heterocycles. The molecule has 5 nitrogen and oxygen atoms in total. The Labute approximate surface area is 150 Å². The van der Waals surface area contributed by atoms with Crippen molar-refractivity contribution in [2.75, 3.05) is 14.2 Å². The van der Waals surface area contributed by atoms with Gasteiger partial charge in [0, 0.05) is 17.4 Å². The van der Waals surface area contributed by atoms with Crippen LogP contribution in [0.4, 0.5) is 0 Å². The Morgan fingerprint density at radius 2 is 1.68 bits per heavy atom. The fourth-order valence-electron chi connectivity index (χ4n) is 3.89. The fourth-order valence-corrected chi connectivity index (χ4v) is 3.89. The summed E-state index contributed by atoms with van der Waals surface area (Å²) in [7, 11) is 3.27. The highest BCUT2D eigenvalue weighted by Gasteiger charge is 2.44. The highest BCUT2D eigenvalue weighted by molar-refractivity contribution is 6.07. The van der Waals surface area contributed by atoms with E-state index in [1.165, 1.54) is 0 Å². The minimum Gasteiger partial charge on any atom is -0.493 e. The fraction of sp³-hybridized carbons (Fsp3) is 0.600. The first-order valence-corrected chi connectivity index (χ1v) is 9.01. The van der Waals surface area contributed by atoms with Gasteiger partial charge in [-0.3, -0.25) is 4.79 Å². The number of ether oxygens (including phenoxy) is 2. The summed E-state index contributed by atoms with van der Waals surface area (Å²) in [6.45, 7) is 6.09. The second-order valence-corrected chi connectivity index (χ2v) is 7.87. The molecule has 2 aliphatic rings. The Hall–Kier alpha value is -2.04. The monoisotopic (exact) mass is 344 g/mol. The Bertz CT molecular complexity index is 691. The number of amides is 1.